The predicted octanol–water partition coefficient (Wildman–Crippen LogP) is 2.76. The Hall–Kier alpha value is -1.16. The van der Waals surface area contributed by atoms with Crippen molar-refractivity contribution in [2.45, 2.75) is 45.3 Å². The lowest BCUT2D eigenvalue weighted by Gasteiger charge is -2.22. The van der Waals surface area contributed by atoms with Gasteiger partial charge in [0.2, 0.25) is 0 Å². The summed E-state index contributed by atoms with van der Waals surface area (Å²) in [7, 11) is -3.26. The molecule has 0 aromatic heterocycles. The van der Waals surface area contributed by atoms with Crippen LogP contribution >= 0.6 is 0 Å². The molecule has 4 heteroatoms. The van der Waals surface area contributed by atoms with Crippen LogP contribution in [0.3, 0.4) is 0 Å². The molecule has 0 bridgehead atoms. The molecule has 3 nitrogen and oxygen atoms in total. The third kappa shape index (κ3) is 2.73. The van der Waals surface area contributed by atoms with E-state index in [0.29, 0.717) is 18.4 Å². The number of hydrogen-bond acceptors (Lipinski definition) is 3. The maximum atomic E-state index is 12.5. The number of Topliss-reactive ketones (excluding diaryl/α,β-unsaturated/α-hetero) is 1. The highest BCUT2D eigenvalue weighted by molar-refractivity contribution is 7.92. The second-order valence-electron chi connectivity index (χ2n) is 5.47. The van der Waals surface area contributed by atoms with Crippen LogP contribution in [0.5, 0.6) is 0 Å². The molecule has 0 N–H and O–H groups in total. The fourth-order valence-corrected chi connectivity index (χ4v) is 4.52. The maximum Gasteiger partial charge on any atom is 0.181 e. The molecular formula is C15H20O3S. The third-order valence-electron chi connectivity index (χ3n) is 3.98. The van der Waals surface area contributed by atoms with E-state index in [1.807, 2.05) is 32.9 Å². The molecule has 0 amide bonds. The fourth-order valence-electron chi connectivity index (χ4n) is 2.65. The highest BCUT2D eigenvalue weighted by Crippen LogP contribution is 2.25. The van der Waals surface area contributed by atoms with Crippen molar-refractivity contribution < 1.29 is 13.2 Å². The number of carbonyl (C=O) groups excluding carboxylic acids is 1. The Balaban J connectivity index is 2.42. The zero-order chi connectivity index (χ0) is 14.2. The van der Waals surface area contributed by atoms with Gasteiger partial charge in [-0.15, -0.1) is 0 Å². The molecule has 104 valence electrons. The number of hydrogen-bond donors (Lipinski definition) is 0. The van der Waals surface area contributed by atoms with E-state index < -0.39 is 15.1 Å². The van der Waals surface area contributed by atoms with Crippen molar-refractivity contribution in [3.63, 3.8) is 0 Å². The molecule has 0 radical (unpaired) electrons. The van der Waals surface area contributed by atoms with Gasteiger partial charge >= 0.3 is 0 Å². The van der Waals surface area contributed by atoms with Crippen LogP contribution in [-0.4, -0.2) is 25.2 Å². The first-order valence-corrected chi connectivity index (χ1v) is 8.38. The largest absolute Gasteiger partial charge is 0.293 e. The smallest absolute Gasteiger partial charge is 0.181 e. The average molecular weight is 280 g/mol. The normalized spacial score (nSPS) is 22.2. The second kappa shape index (κ2) is 5.08. The van der Waals surface area contributed by atoms with Crippen molar-refractivity contribution in [2.75, 3.05) is 5.75 Å². The van der Waals surface area contributed by atoms with Crippen LogP contribution in [0.25, 0.3) is 0 Å². The number of sulfone groups is 1. The highest BCUT2D eigenvalue weighted by Gasteiger charge is 2.35. The minimum atomic E-state index is -3.26. The van der Waals surface area contributed by atoms with Crippen LogP contribution in [-0.2, 0) is 9.84 Å². The zero-order valence-corrected chi connectivity index (χ0v) is 12.5. The molecule has 1 heterocycles. The highest BCUT2D eigenvalue weighted by atomic mass is 32.2. The van der Waals surface area contributed by atoms with Crippen molar-refractivity contribution >= 4 is 15.6 Å². The summed E-state index contributed by atoms with van der Waals surface area (Å²) in [6.45, 7) is 5.81. The first kappa shape index (κ1) is 14.3. The Morgan fingerprint density at radius 2 is 1.68 bits per heavy atom. The SMILES string of the molecule is Cc1cc(C)c(C(=O)C2CCCCS2(=O)=O)cc1C. The van der Waals surface area contributed by atoms with E-state index >= 15 is 0 Å². The number of aryl methyl sites for hydroxylation is 3. The minimum Gasteiger partial charge on any atom is -0.293 e. The summed E-state index contributed by atoms with van der Waals surface area (Å²) in [5.41, 5.74) is 3.59. The standard InChI is InChI=1S/C15H20O3S/c1-10-8-12(3)13(9-11(10)2)15(16)14-6-4-5-7-19(14,17)18/h8-9,14H,4-7H2,1-3H3. The Bertz CT molecular complexity index is 615. The first-order valence-electron chi connectivity index (χ1n) is 6.66. The van der Waals surface area contributed by atoms with Gasteiger partial charge in [-0.1, -0.05) is 12.5 Å². The number of carbonyl (C=O) groups is 1. The van der Waals surface area contributed by atoms with Crippen LogP contribution in [0.15, 0.2) is 12.1 Å². The molecule has 2 rings (SSSR count). The lowest BCUT2D eigenvalue weighted by molar-refractivity contribution is 0.0981. The Labute approximate surface area is 114 Å². The first-order chi connectivity index (χ1) is 8.83. The number of ketones is 1. The summed E-state index contributed by atoms with van der Waals surface area (Å²) in [5.74, 6) is -0.0758. The molecule has 0 spiro atoms. The van der Waals surface area contributed by atoms with E-state index in [2.05, 4.69) is 0 Å². The van der Waals surface area contributed by atoms with E-state index in [0.717, 1.165) is 23.1 Å². The Morgan fingerprint density at radius 3 is 2.32 bits per heavy atom. The molecule has 1 saturated heterocycles. The van der Waals surface area contributed by atoms with Gasteiger partial charge in [0.15, 0.2) is 15.6 Å². The molecule has 1 aromatic carbocycles. The fraction of sp³-hybridized carbons (Fsp3) is 0.533. The van der Waals surface area contributed by atoms with Crippen LogP contribution in [0.1, 0.15) is 46.3 Å². The van der Waals surface area contributed by atoms with Gasteiger partial charge in [0.25, 0.3) is 0 Å². The molecular weight excluding hydrogens is 260 g/mol. The average Bonchev–Trinajstić information content (AvgIpc) is 2.32. The summed E-state index contributed by atoms with van der Waals surface area (Å²) < 4.78 is 24.1. The van der Waals surface area contributed by atoms with Gasteiger partial charge in [-0.25, -0.2) is 8.42 Å². The summed E-state index contributed by atoms with van der Waals surface area (Å²) in [4.78, 5) is 12.5. The van der Waals surface area contributed by atoms with Crippen molar-refractivity contribution in [3.05, 3.63) is 34.4 Å². The molecule has 1 atom stereocenters. The van der Waals surface area contributed by atoms with Gasteiger partial charge in [0.05, 0.1) is 5.75 Å². The van der Waals surface area contributed by atoms with Crippen LogP contribution < -0.4 is 0 Å². The summed E-state index contributed by atoms with van der Waals surface area (Å²) in [5, 5.41) is -0.831. The van der Waals surface area contributed by atoms with Crippen molar-refractivity contribution in [1.29, 1.82) is 0 Å². The molecule has 19 heavy (non-hydrogen) atoms. The molecule has 1 unspecified atom stereocenters. The molecule has 0 saturated carbocycles. The van der Waals surface area contributed by atoms with Crippen molar-refractivity contribution in [2.24, 2.45) is 0 Å². The van der Waals surface area contributed by atoms with E-state index in [9.17, 15) is 13.2 Å². The maximum absolute atomic E-state index is 12.5. The molecule has 1 aromatic rings. The topological polar surface area (TPSA) is 51.2 Å². The molecule has 1 aliphatic heterocycles. The number of rotatable bonds is 2. The van der Waals surface area contributed by atoms with E-state index in [1.165, 1.54) is 0 Å². The molecule has 0 aliphatic carbocycles. The van der Waals surface area contributed by atoms with Crippen molar-refractivity contribution in [3.8, 4) is 0 Å². The van der Waals surface area contributed by atoms with Crippen LogP contribution in [0, 0.1) is 20.8 Å². The summed E-state index contributed by atoms with van der Waals surface area (Å²) >= 11 is 0. The predicted molar refractivity (Wildman–Crippen MR) is 76.4 cm³/mol. The minimum absolute atomic E-state index is 0.146. The van der Waals surface area contributed by atoms with Gasteiger partial charge in [-0.2, -0.15) is 0 Å². The van der Waals surface area contributed by atoms with E-state index in [-0.39, 0.29) is 11.5 Å². The van der Waals surface area contributed by atoms with E-state index in [4.69, 9.17) is 0 Å². The lowest BCUT2D eigenvalue weighted by atomic mass is 9.95. The van der Waals surface area contributed by atoms with Gasteiger partial charge in [-0.05, 0) is 56.4 Å². The van der Waals surface area contributed by atoms with Crippen LogP contribution in [0.4, 0.5) is 0 Å². The van der Waals surface area contributed by atoms with Crippen LogP contribution in [0.2, 0.25) is 0 Å². The van der Waals surface area contributed by atoms with Gasteiger partial charge in [-0.3, -0.25) is 4.79 Å². The molecule has 1 aliphatic rings. The Morgan fingerprint density at radius 1 is 1.05 bits per heavy atom. The van der Waals surface area contributed by atoms with Gasteiger partial charge < -0.3 is 0 Å². The van der Waals surface area contributed by atoms with Gasteiger partial charge in [0, 0.05) is 5.56 Å². The third-order valence-corrected chi connectivity index (χ3v) is 6.15. The summed E-state index contributed by atoms with van der Waals surface area (Å²) in [6, 6.07) is 3.79. The van der Waals surface area contributed by atoms with Crippen molar-refractivity contribution in [1.82, 2.24) is 0 Å². The van der Waals surface area contributed by atoms with Gasteiger partial charge in [0.1, 0.15) is 5.25 Å². The quantitative estimate of drug-likeness (QED) is 0.783. The second-order valence-corrected chi connectivity index (χ2v) is 7.77. The number of benzene rings is 1. The van der Waals surface area contributed by atoms with E-state index in [1.54, 1.807) is 0 Å². The monoisotopic (exact) mass is 280 g/mol. The summed E-state index contributed by atoms with van der Waals surface area (Å²) in [6.07, 6.45) is 1.96. The Kier molecular flexibility index (Phi) is 3.81. The lowest BCUT2D eigenvalue weighted by Crippen LogP contribution is -2.35. The molecule has 1 fully saturated rings. The zero-order valence-electron chi connectivity index (χ0n) is 11.7.